The molecule has 0 saturated carbocycles. The highest BCUT2D eigenvalue weighted by molar-refractivity contribution is 6.03. The van der Waals surface area contributed by atoms with Gasteiger partial charge in [0.1, 0.15) is 11.5 Å². The van der Waals surface area contributed by atoms with Crippen molar-refractivity contribution in [3.8, 4) is 0 Å². The average molecular weight is 322 g/mol. The molecule has 120 valence electrons. The highest BCUT2D eigenvalue weighted by Gasteiger charge is 2.10. The largest absolute Gasteiger partial charge is 0.324 e. The van der Waals surface area contributed by atoms with Gasteiger partial charge in [0.25, 0.3) is 5.91 Å². The highest BCUT2D eigenvalue weighted by Crippen LogP contribution is 2.16. The summed E-state index contributed by atoms with van der Waals surface area (Å²) in [6, 6.07) is 14.9. The van der Waals surface area contributed by atoms with Crippen LogP contribution in [0.25, 0.3) is 0 Å². The summed E-state index contributed by atoms with van der Waals surface area (Å²) >= 11 is 0. The van der Waals surface area contributed by atoms with E-state index in [4.69, 9.17) is 0 Å². The molecule has 5 nitrogen and oxygen atoms in total. The fourth-order valence-corrected chi connectivity index (χ4v) is 2.14. The van der Waals surface area contributed by atoms with Crippen molar-refractivity contribution in [2.45, 2.75) is 6.92 Å². The number of nitrogens with zero attached hydrogens (tertiary/aromatic N) is 2. The zero-order chi connectivity index (χ0) is 16.9. The number of rotatable bonds is 4. The average Bonchev–Trinajstić information content (AvgIpc) is 2.57. The van der Waals surface area contributed by atoms with Crippen LogP contribution in [0.5, 0.6) is 0 Å². The number of hydrogen-bond donors (Lipinski definition) is 2. The molecular formula is C18H15FN4O. The van der Waals surface area contributed by atoms with Crippen LogP contribution in [0.3, 0.4) is 0 Å². The van der Waals surface area contributed by atoms with Crippen molar-refractivity contribution in [1.29, 1.82) is 0 Å². The molecule has 3 aromatic rings. The van der Waals surface area contributed by atoms with E-state index in [1.807, 2.05) is 31.2 Å². The molecule has 0 fully saturated rings. The lowest BCUT2D eigenvalue weighted by atomic mass is 10.2. The summed E-state index contributed by atoms with van der Waals surface area (Å²) in [5.41, 5.74) is 2.40. The van der Waals surface area contributed by atoms with Crippen molar-refractivity contribution in [2.75, 3.05) is 10.6 Å². The van der Waals surface area contributed by atoms with Gasteiger partial charge in [-0.15, -0.1) is 0 Å². The van der Waals surface area contributed by atoms with E-state index < -0.39 is 0 Å². The molecule has 3 rings (SSSR count). The molecule has 1 aromatic heterocycles. The molecule has 0 atom stereocenters. The summed E-state index contributed by atoms with van der Waals surface area (Å²) in [4.78, 5) is 20.5. The third kappa shape index (κ3) is 3.73. The van der Waals surface area contributed by atoms with Crippen molar-refractivity contribution in [3.63, 3.8) is 0 Å². The Kier molecular flexibility index (Phi) is 4.47. The second-order valence-electron chi connectivity index (χ2n) is 5.17. The second kappa shape index (κ2) is 6.87. The predicted molar refractivity (Wildman–Crippen MR) is 90.8 cm³/mol. The molecule has 0 aliphatic rings. The number of hydrogen-bond acceptors (Lipinski definition) is 4. The van der Waals surface area contributed by atoms with Gasteiger partial charge in [-0.2, -0.15) is 0 Å². The van der Waals surface area contributed by atoms with Gasteiger partial charge < -0.3 is 10.6 Å². The van der Waals surface area contributed by atoms with Gasteiger partial charge in [-0.3, -0.25) is 4.79 Å². The number of para-hydroxylation sites is 1. The van der Waals surface area contributed by atoms with Gasteiger partial charge in [-0.05, 0) is 42.8 Å². The molecule has 0 bridgehead atoms. The topological polar surface area (TPSA) is 66.9 Å². The molecule has 1 heterocycles. The maximum Gasteiger partial charge on any atom is 0.274 e. The van der Waals surface area contributed by atoms with E-state index in [1.165, 1.54) is 24.4 Å². The molecule has 0 aliphatic heterocycles. The Balaban J connectivity index is 1.77. The monoisotopic (exact) mass is 322 g/mol. The van der Waals surface area contributed by atoms with Crippen molar-refractivity contribution in [3.05, 3.63) is 77.9 Å². The lowest BCUT2D eigenvalue weighted by Crippen LogP contribution is -2.15. The number of amides is 1. The van der Waals surface area contributed by atoms with Gasteiger partial charge in [-0.25, -0.2) is 14.4 Å². The van der Waals surface area contributed by atoms with Gasteiger partial charge in [0, 0.05) is 17.6 Å². The second-order valence-corrected chi connectivity index (χ2v) is 5.17. The molecule has 0 spiro atoms. The maximum absolute atomic E-state index is 13.2. The first kappa shape index (κ1) is 15.6. The standard InChI is InChI=1S/C18H15FN4O/c1-12-5-2-3-8-15(12)22-17(24)16-9-10-20-18(23-16)21-14-7-4-6-13(19)11-14/h2-11H,1H3,(H,22,24)(H,20,21,23). The van der Waals surface area contributed by atoms with Crippen LogP contribution in [-0.2, 0) is 0 Å². The van der Waals surface area contributed by atoms with Crippen molar-refractivity contribution in [2.24, 2.45) is 0 Å². The minimum absolute atomic E-state index is 0.215. The summed E-state index contributed by atoms with van der Waals surface area (Å²) < 4.78 is 13.2. The summed E-state index contributed by atoms with van der Waals surface area (Å²) in [5, 5.41) is 5.68. The summed E-state index contributed by atoms with van der Waals surface area (Å²) in [6.07, 6.45) is 1.47. The van der Waals surface area contributed by atoms with Gasteiger partial charge >= 0.3 is 0 Å². The van der Waals surface area contributed by atoms with E-state index >= 15 is 0 Å². The van der Waals surface area contributed by atoms with Crippen LogP contribution in [0.15, 0.2) is 60.8 Å². The fraction of sp³-hybridized carbons (Fsp3) is 0.0556. The first-order chi connectivity index (χ1) is 11.6. The Morgan fingerprint density at radius 1 is 1.08 bits per heavy atom. The first-order valence-electron chi connectivity index (χ1n) is 7.34. The summed E-state index contributed by atoms with van der Waals surface area (Å²) in [6.45, 7) is 1.91. The molecule has 0 radical (unpaired) electrons. The fourth-order valence-electron chi connectivity index (χ4n) is 2.14. The van der Waals surface area contributed by atoms with E-state index in [1.54, 1.807) is 12.1 Å². The van der Waals surface area contributed by atoms with Gasteiger partial charge in [0.05, 0.1) is 0 Å². The number of halogens is 1. The SMILES string of the molecule is Cc1ccccc1NC(=O)c1ccnc(Nc2cccc(F)c2)n1. The van der Waals surface area contributed by atoms with Crippen LogP contribution in [0.2, 0.25) is 0 Å². The van der Waals surface area contributed by atoms with E-state index in [0.29, 0.717) is 5.69 Å². The van der Waals surface area contributed by atoms with Gasteiger partial charge in [0.15, 0.2) is 0 Å². The Bertz CT molecular complexity index is 882. The minimum Gasteiger partial charge on any atom is -0.324 e. The highest BCUT2D eigenvalue weighted by atomic mass is 19.1. The number of nitrogens with one attached hydrogen (secondary N) is 2. The quantitative estimate of drug-likeness (QED) is 0.764. The van der Waals surface area contributed by atoms with Crippen molar-refractivity contribution >= 4 is 23.2 Å². The molecule has 2 N–H and O–H groups in total. The van der Waals surface area contributed by atoms with E-state index in [-0.39, 0.29) is 23.4 Å². The molecule has 1 amide bonds. The molecule has 2 aromatic carbocycles. The molecule has 0 unspecified atom stereocenters. The minimum atomic E-state index is -0.367. The van der Waals surface area contributed by atoms with Crippen LogP contribution in [-0.4, -0.2) is 15.9 Å². The van der Waals surface area contributed by atoms with Crippen LogP contribution < -0.4 is 10.6 Å². The van der Waals surface area contributed by atoms with Gasteiger partial charge in [0.2, 0.25) is 5.95 Å². The van der Waals surface area contributed by atoms with Crippen LogP contribution in [0.4, 0.5) is 21.7 Å². The number of benzene rings is 2. The third-order valence-corrected chi connectivity index (χ3v) is 3.36. The summed E-state index contributed by atoms with van der Waals surface area (Å²) in [7, 11) is 0. The van der Waals surface area contributed by atoms with Crippen LogP contribution in [0.1, 0.15) is 16.1 Å². The molecule has 24 heavy (non-hydrogen) atoms. The first-order valence-corrected chi connectivity index (χ1v) is 7.34. The molecule has 0 aliphatic carbocycles. The van der Waals surface area contributed by atoms with Crippen molar-refractivity contribution < 1.29 is 9.18 Å². The number of aryl methyl sites for hydroxylation is 1. The zero-order valence-electron chi connectivity index (χ0n) is 13.0. The third-order valence-electron chi connectivity index (χ3n) is 3.36. The lowest BCUT2D eigenvalue weighted by Gasteiger charge is -2.09. The van der Waals surface area contributed by atoms with E-state index in [9.17, 15) is 9.18 Å². The predicted octanol–water partition coefficient (Wildman–Crippen LogP) is 3.92. The molecular weight excluding hydrogens is 307 g/mol. The Morgan fingerprint density at radius 3 is 2.71 bits per heavy atom. The van der Waals surface area contributed by atoms with E-state index in [0.717, 1.165) is 11.3 Å². The maximum atomic E-state index is 13.2. The normalized spacial score (nSPS) is 10.2. The van der Waals surface area contributed by atoms with Crippen LogP contribution >= 0.6 is 0 Å². The Labute approximate surface area is 138 Å². The summed E-state index contributed by atoms with van der Waals surface area (Å²) in [5.74, 6) is -0.486. The number of aromatic nitrogens is 2. The van der Waals surface area contributed by atoms with Crippen molar-refractivity contribution in [1.82, 2.24) is 9.97 Å². The zero-order valence-corrected chi connectivity index (χ0v) is 13.0. The number of anilines is 3. The van der Waals surface area contributed by atoms with E-state index in [2.05, 4.69) is 20.6 Å². The van der Waals surface area contributed by atoms with Crippen LogP contribution in [0, 0.1) is 12.7 Å². The number of carbonyl (C=O) groups excluding carboxylic acids is 1. The van der Waals surface area contributed by atoms with Gasteiger partial charge in [-0.1, -0.05) is 24.3 Å². The molecule has 0 saturated heterocycles. The Morgan fingerprint density at radius 2 is 1.92 bits per heavy atom. The molecule has 6 heteroatoms. The number of carbonyl (C=O) groups is 1. The smallest absolute Gasteiger partial charge is 0.274 e. The Hall–Kier alpha value is -3.28. The lowest BCUT2D eigenvalue weighted by molar-refractivity contribution is 0.102.